The average Bonchev–Trinajstić information content (AvgIpc) is 3.10. The second-order valence-corrected chi connectivity index (χ2v) is 4.56. The average molecular weight is 218 g/mol. The van der Waals surface area contributed by atoms with Gasteiger partial charge in [0.2, 0.25) is 0 Å². The van der Waals surface area contributed by atoms with Gasteiger partial charge >= 0.3 is 0 Å². The largest absolute Gasteiger partial charge is 0.396 e. The summed E-state index contributed by atoms with van der Waals surface area (Å²) in [5.41, 5.74) is 2.30. The smallest absolute Gasteiger partial charge is 0.0505 e. The van der Waals surface area contributed by atoms with Gasteiger partial charge in [-0.25, -0.2) is 0 Å². The Hall–Kier alpha value is -1.22. The van der Waals surface area contributed by atoms with Crippen molar-refractivity contribution in [1.82, 2.24) is 4.98 Å². The molecule has 1 aliphatic rings. The highest BCUT2D eigenvalue weighted by molar-refractivity contribution is 5.79. The van der Waals surface area contributed by atoms with Crippen LogP contribution in [0.5, 0.6) is 0 Å². The first-order valence-electron chi connectivity index (χ1n) is 5.84. The van der Waals surface area contributed by atoms with E-state index < -0.39 is 0 Å². The molecule has 3 nitrogen and oxygen atoms in total. The molecular weight excluding hydrogens is 200 g/mol. The van der Waals surface area contributed by atoms with Gasteiger partial charge in [-0.15, -0.1) is 0 Å². The van der Waals surface area contributed by atoms with Crippen LogP contribution in [0.1, 0.15) is 31.0 Å². The van der Waals surface area contributed by atoms with Gasteiger partial charge in [-0.3, -0.25) is 9.98 Å². The predicted octanol–water partition coefficient (Wildman–Crippen LogP) is 1.84. The molecule has 0 saturated heterocycles. The molecule has 2 rings (SSSR count). The van der Waals surface area contributed by atoms with Crippen molar-refractivity contribution in [2.45, 2.75) is 26.2 Å². The summed E-state index contributed by atoms with van der Waals surface area (Å²) >= 11 is 0. The fourth-order valence-corrected chi connectivity index (χ4v) is 1.66. The van der Waals surface area contributed by atoms with E-state index in [2.05, 4.69) is 23.0 Å². The molecule has 1 N–H and O–H groups in total. The van der Waals surface area contributed by atoms with E-state index in [9.17, 15) is 0 Å². The Morgan fingerprint density at radius 1 is 1.56 bits per heavy atom. The van der Waals surface area contributed by atoms with E-state index in [0.717, 1.165) is 37.1 Å². The third-order valence-corrected chi connectivity index (χ3v) is 3.16. The van der Waals surface area contributed by atoms with Gasteiger partial charge in [0.05, 0.1) is 6.61 Å². The van der Waals surface area contributed by atoms with Crippen molar-refractivity contribution in [3.05, 3.63) is 29.6 Å². The van der Waals surface area contributed by atoms with E-state index >= 15 is 0 Å². The molecule has 0 radical (unpaired) electrons. The second-order valence-electron chi connectivity index (χ2n) is 4.56. The fourth-order valence-electron chi connectivity index (χ4n) is 1.66. The maximum atomic E-state index is 9.15. The maximum Gasteiger partial charge on any atom is 0.0505 e. The standard InChI is InChI=1S/C13H18N2O/c1-2-12-7-11(3-6-15-12)8-14-9-13(10-16)4-5-13/h3,6-8,16H,2,4-5,9-10H2,1H3. The maximum absolute atomic E-state index is 9.15. The van der Waals surface area contributed by atoms with Crippen molar-refractivity contribution in [3.63, 3.8) is 0 Å². The quantitative estimate of drug-likeness (QED) is 0.766. The number of rotatable bonds is 5. The van der Waals surface area contributed by atoms with Gasteiger partial charge < -0.3 is 5.11 Å². The third-order valence-electron chi connectivity index (χ3n) is 3.16. The number of hydrogen-bond donors (Lipinski definition) is 1. The first kappa shape index (κ1) is 11.3. The summed E-state index contributed by atoms with van der Waals surface area (Å²) in [5.74, 6) is 0. The third kappa shape index (κ3) is 2.67. The molecule has 16 heavy (non-hydrogen) atoms. The van der Waals surface area contributed by atoms with Gasteiger partial charge in [-0.05, 0) is 37.0 Å². The molecule has 1 aromatic rings. The molecule has 0 bridgehead atoms. The van der Waals surface area contributed by atoms with E-state index in [1.165, 1.54) is 0 Å². The molecule has 86 valence electrons. The van der Waals surface area contributed by atoms with Crippen molar-refractivity contribution < 1.29 is 5.11 Å². The van der Waals surface area contributed by atoms with Crippen molar-refractivity contribution >= 4 is 6.21 Å². The molecule has 1 aromatic heterocycles. The molecule has 0 unspecified atom stereocenters. The van der Waals surface area contributed by atoms with Gasteiger partial charge in [0.25, 0.3) is 0 Å². The number of hydrogen-bond acceptors (Lipinski definition) is 3. The van der Waals surface area contributed by atoms with Gasteiger partial charge in [-0.2, -0.15) is 0 Å². The molecule has 1 saturated carbocycles. The zero-order chi connectivity index (χ0) is 11.4. The van der Waals surface area contributed by atoms with Gasteiger partial charge in [0.1, 0.15) is 0 Å². The highest BCUT2D eigenvalue weighted by atomic mass is 16.3. The molecule has 0 spiro atoms. The number of aromatic nitrogens is 1. The lowest BCUT2D eigenvalue weighted by molar-refractivity contribution is 0.217. The predicted molar refractivity (Wildman–Crippen MR) is 64.8 cm³/mol. The minimum absolute atomic E-state index is 0.108. The molecule has 0 aliphatic heterocycles. The van der Waals surface area contributed by atoms with Gasteiger partial charge in [-0.1, -0.05) is 6.92 Å². The van der Waals surface area contributed by atoms with Crippen LogP contribution < -0.4 is 0 Å². The Bertz CT molecular complexity index is 383. The van der Waals surface area contributed by atoms with Gasteiger partial charge in [0.15, 0.2) is 0 Å². The monoisotopic (exact) mass is 218 g/mol. The number of nitrogens with zero attached hydrogens (tertiary/aromatic N) is 2. The molecular formula is C13H18N2O. The van der Waals surface area contributed by atoms with Crippen LogP contribution in [-0.2, 0) is 6.42 Å². The second kappa shape index (κ2) is 4.74. The fraction of sp³-hybridized carbons (Fsp3) is 0.538. The van der Waals surface area contributed by atoms with Gasteiger partial charge in [0, 0.05) is 30.1 Å². The number of pyridine rings is 1. The summed E-state index contributed by atoms with van der Waals surface area (Å²) in [7, 11) is 0. The molecule has 1 heterocycles. The summed E-state index contributed by atoms with van der Waals surface area (Å²) in [6.07, 6.45) is 6.87. The zero-order valence-electron chi connectivity index (χ0n) is 9.69. The number of aliphatic hydroxyl groups excluding tert-OH is 1. The number of aryl methyl sites for hydroxylation is 1. The molecule has 0 aromatic carbocycles. The van der Waals surface area contributed by atoms with Crippen LogP contribution in [0.3, 0.4) is 0 Å². The lowest BCUT2D eigenvalue weighted by atomic mass is 10.1. The molecule has 1 fully saturated rings. The zero-order valence-corrected chi connectivity index (χ0v) is 9.69. The molecule has 0 amide bonds. The van der Waals surface area contributed by atoms with Crippen LogP contribution in [0.25, 0.3) is 0 Å². The van der Waals surface area contributed by atoms with Crippen molar-refractivity contribution in [1.29, 1.82) is 0 Å². The summed E-state index contributed by atoms with van der Waals surface area (Å²) in [5, 5.41) is 9.15. The molecule has 3 heteroatoms. The SMILES string of the molecule is CCc1cc(C=NCC2(CO)CC2)ccn1. The van der Waals surface area contributed by atoms with Crippen molar-refractivity contribution in [2.24, 2.45) is 10.4 Å². The van der Waals surface area contributed by atoms with Crippen molar-refractivity contribution in [2.75, 3.05) is 13.2 Å². The van der Waals surface area contributed by atoms with E-state index in [4.69, 9.17) is 5.11 Å². The lowest BCUT2D eigenvalue weighted by Crippen LogP contribution is -2.10. The summed E-state index contributed by atoms with van der Waals surface area (Å²) in [6, 6.07) is 4.02. The Balaban J connectivity index is 1.95. The minimum atomic E-state index is 0.108. The number of aliphatic hydroxyl groups is 1. The highest BCUT2D eigenvalue weighted by Crippen LogP contribution is 2.45. The Morgan fingerprint density at radius 3 is 3.00 bits per heavy atom. The lowest BCUT2D eigenvalue weighted by Gasteiger charge is -2.06. The van der Waals surface area contributed by atoms with E-state index in [1.54, 1.807) is 0 Å². The Labute approximate surface area is 96.3 Å². The van der Waals surface area contributed by atoms with Crippen LogP contribution >= 0.6 is 0 Å². The summed E-state index contributed by atoms with van der Waals surface area (Å²) < 4.78 is 0. The molecule has 0 atom stereocenters. The summed E-state index contributed by atoms with van der Waals surface area (Å²) in [6.45, 7) is 3.10. The topological polar surface area (TPSA) is 45.5 Å². The minimum Gasteiger partial charge on any atom is -0.396 e. The first-order valence-corrected chi connectivity index (χ1v) is 5.84. The van der Waals surface area contributed by atoms with Crippen LogP contribution in [0.15, 0.2) is 23.3 Å². The Kier molecular flexibility index (Phi) is 3.34. The van der Waals surface area contributed by atoms with Crippen molar-refractivity contribution in [3.8, 4) is 0 Å². The van der Waals surface area contributed by atoms with Crippen LogP contribution in [0, 0.1) is 5.41 Å². The van der Waals surface area contributed by atoms with Crippen LogP contribution in [0.2, 0.25) is 0 Å². The summed E-state index contributed by atoms with van der Waals surface area (Å²) in [4.78, 5) is 8.65. The van der Waals surface area contributed by atoms with Crippen LogP contribution in [-0.4, -0.2) is 29.5 Å². The molecule has 1 aliphatic carbocycles. The number of aliphatic imine (C=N–C) groups is 1. The van der Waals surface area contributed by atoms with Crippen LogP contribution in [0.4, 0.5) is 0 Å². The van der Waals surface area contributed by atoms with E-state index in [-0.39, 0.29) is 12.0 Å². The normalized spacial score (nSPS) is 17.9. The first-order chi connectivity index (χ1) is 7.78. The Morgan fingerprint density at radius 2 is 2.38 bits per heavy atom. The van der Waals surface area contributed by atoms with E-state index in [0.29, 0.717) is 0 Å². The van der Waals surface area contributed by atoms with E-state index in [1.807, 2.05) is 18.5 Å². The highest BCUT2D eigenvalue weighted by Gasteiger charge is 2.41.